The number of rotatable bonds is 4. The summed E-state index contributed by atoms with van der Waals surface area (Å²) in [4.78, 5) is 0. The van der Waals surface area contributed by atoms with Crippen molar-refractivity contribution in [3.63, 3.8) is 0 Å². The Kier molecular flexibility index (Phi) is 4.78. The van der Waals surface area contributed by atoms with E-state index in [0.717, 1.165) is 16.5 Å². The molecule has 0 bridgehead atoms. The zero-order valence-corrected chi connectivity index (χ0v) is 12.1. The maximum absolute atomic E-state index is 5.99. The molecule has 0 saturated heterocycles. The van der Waals surface area contributed by atoms with Crippen LogP contribution in [0.25, 0.3) is 0 Å². The van der Waals surface area contributed by atoms with Gasteiger partial charge in [0.25, 0.3) is 0 Å². The second-order valence-corrected chi connectivity index (χ2v) is 5.34. The highest BCUT2D eigenvalue weighted by atomic mass is 79.9. The van der Waals surface area contributed by atoms with E-state index in [4.69, 9.17) is 17.4 Å². The van der Waals surface area contributed by atoms with Gasteiger partial charge < -0.3 is 0 Å². The van der Waals surface area contributed by atoms with Gasteiger partial charge in [0.15, 0.2) is 0 Å². The molecule has 0 spiro atoms. The van der Waals surface area contributed by atoms with E-state index >= 15 is 0 Å². The molecule has 0 fully saturated rings. The van der Waals surface area contributed by atoms with Gasteiger partial charge in [0.2, 0.25) is 0 Å². The molecule has 0 aromatic heterocycles. The highest BCUT2D eigenvalue weighted by molar-refractivity contribution is 9.10. The fourth-order valence-electron chi connectivity index (χ4n) is 1.85. The molecular weight excluding hydrogens is 312 g/mol. The molecule has 94 valence electrons. The van der Waals surface area contributed by atoms with Gasteiger partial charge in [0.05, 0.1) is 11.1 Å². The lowest BCUT2D eigenvalue weighted by Crippen LogP contribution is -2.29. The minimum Gasteiger partial charge on any atom is -0.271 e. The summed E-state index contributed by atoms with van der Waals surface area (Å²) >= 11 is 9.42. The highest BCUT2D eigenvalue weighted by Crippen LogP contribution is 2.27. The standard InChI is InChI=1S/C14H14BrClN2/c15-12-9-11(6-7-13(12)16)14(18-17)8-10-4-2-1-3-5-10/h1-7,9,14,18H,8,17H2. The Bertz CT molecular complexity index is 516. The molecule has 4 heteroatoms. The van der Waals surface area contributed by atoms with Crippen LogP contribution in [0.15, 0.2) is 53.0 Å². The van der Waals surface area contributed by atoms with E-state index in [1.807, 2.05) is 36.4 Å². The lowest BCUT2D eigenvalue weighted by Gasteiger charge is -2.17. The zero-order valence-electron chi connectivity index (χ0n) is 9.74. The topological polar surface area (TPSA) is 38.0 Å². The summed E-state index contributed by atoms with van der Waals surface area (Å²) in [7, 11) is 0. The third-order valence-corrected chi connectivity index (χ3v) is 4.04. The highest BCUT2D eigenvalue weighted by Gasteiger charge is 2.11. The Morgan fingerprint density at radius 2 is 1.89 bits per heavy atom. The molecule has 2 rings (SSSR count). The monoisotopic (exact) mass is 324 g/mol. The molecule has 0 amide bonds. The lowest BCUT2D eigenvalue weighted by molar-refractivity contribution is 0.552. The summed E-state index contributed by atoms with van der Waals surface area (Å²) in [5, 5.41) is 0.703. The van der Waals surface area contributed by atoms with Crippen LogP contribution in [0.3, 0.4) is 0 Å². The summed E-state index contributed by atoms with van der Waals surface area (Å²) in [6.07, 6.45) is 0.839. The third kappa shape index (κ3) is 3.33. The number of hydrogen-bond acceptors (Lipinski definition) is 2. The van der Waals surface area contributed by atoms with Crippen molar-refractivity contribution in [3.8, 4) is 0 Å². The van der Waals surface area contributed by atoms with Gasteiger partial charge >= 0.3 is 0 Å². The third-order valence-electron chi connectivity index (χ3n) is 2.83. The van der Waals surface area contributed by atoms with Gasteiger partial charge in [-0.3, -0.25) is 11.3 Å². The van der Waals surface area contributed by atoms with Gasteiger partial charge in [-0.2, -0.15) is 0 Å². The van der Waals surface area contributed by atoms with Crippen LogP contribution < -0.4 is 11.3 Å². The van der Waals surface area contributed by atoms with Gasteiger partial charge in [-0.15, -0.1) is 0 Å². The average Bonchev–Trinajstić information content (AvgIpc) is 2.40. The van der Waals surface area contributed by atoms with Gasteiger partial charge in [-0.1, -0.05) is 48.0 Å². The number of halogens is 2. The number of hydrogen-bond donors (Lipinski definition) is 2. The fraction of sp³-hybridized carbons (Fsp3) is 0.143. The van der Waals surface area contributed by atoms with Crippen LogP contribution >= 0.6 is 27.5 Å². The summed E-state index contributed by atoms with van der Waals surface area (Å²) in [5.74, 6) is 5.64. The van der Waals surface area contributed by atoms with Gasteiger partial charge in [-0.25, -0.2) is 0 Å². The van der Waals surface area contributed by atoms with Crippen LogP contribution in [0.4, 0.5) is 0 Å². The van der Waals surface area contributed by atoms with Crippen LogP contribution in [0.2, 0.25) is 5.02 Å². The number of hydrazine groups is 1. The van der Waals surface area contributed by atoms with Crippen molar-refractivity contribution in [1.82, 2.24) is 5.43 Å². The van der Waals surface area contributed by atoms with Crippen molar-refractivity contribution < 1.29 is 0 Å². The van der Waals surface area contributed by atoms with Crippen molar-refractivity contribution in [2.75, 3.05) is 0 Å². The molecule has 1 atom stereocenters. The molecule has 0 radical (unpaired) electrons. The van der Waals surface area contributed by atoms with E-state index < -0.39 is 0 Å². The first kappa shape index (κ1) is 13.6. The smallest absolute Gasteiger partial charge is 0.0548 e. The molecular formula is C14H14BrClN2. The maximum atomic E-state index is 5.99. The van der Waals surface area contributed by atoms with Crippen LogP contribution in [-0.2, 0) is 6.42 Å². The molecule has 0 aliphatic heterocycles. The predicted octanol–water partition coefficient (Wildman–Crippen LogP) is 3.85. The second-order valence-electron chi connectivity index (χ2n) is 4.08. The van der Waals surface area contributed by atoms with Crippen molar-refractivity contribution in [2.24, 2.45) is 5.84 Å². The normalized spacial score (nSPS) is 12.4. The van der Waals surface area contributed by atoms with Gasteiger partial charge in [0, 0.05) is 4.47 Å². The minimum atomic E-state index is 0.0703. The van der Waals surface area contributed by atoms with E-state index in [-0.39, 0.29) is 6.04 Å². The average molecular weight is 326 g/mol. The molecule has 1 unspecified atom stereocenters. The van der Waals surface area contributed by atoms with Gasteiger partial charge in [-0.05, 0) is 45.6 Å². The molecule has 0 aliphatic carbocycles. The van der Waals surface area contributed by atoms with Crippen molar-refractivity contribution in [1.29, 1.82) is 0 Å². The van der Waals surface area contributed by atoms with Crippen molar-refractivity contribution in [2.45, 2.75) is 12.5 Å². The quantitative estimate of drug-likeness (QED) is 0.662. The van der Waals surface area contributed by atoms with E-state index in [1.165, 1.54) is 5.56 Å². The molecule has 0 saturated carbocycles. The Morgan fingerprint density at radius 1 is 1.17 bits per heavy atom. The Hall–Kier alpha value is -0.870. The molecule has 2 aromatic rings. The first-order valence-electron chi connectivity index (χ1n) is 5.65. The molecule has 0 heterocycles. The first-order chi connectivity index (χ1) is 8.70. The van der Waals surface area contributed by atoms with Crippen molar-refractivity contribution >= 4 is 27.5 Å². The minimum absolute atomic E-state index is 0.0703. The fourth-order valence-corrected chi connectivity index (χ4v) is 2.37. The van der Waals surface area contributed by atoms with Crippen molar-refractivity contribution in [3.05, 3.63) is 69.2 Å². The Labute approximate surface area is 120 Å². The SMILES string of the molecule is NNC(Cc1ccccc1)c1ccc(Cl)c(Br)c1. The van der Waals surface area contributed by atoms with Crippen LogP contribution in [0.1, 0.15) is 17.2 Å². The van der Waals surface area contributed by atoms with Crippen LogP contribution in [-0.4, -0.2) is 0 Å². The maximum Gasteiger partial charge on any atom is 0.0548 e. The molecule has 18 heavy (non-hydrogen) atoms. The lowest BCUT2D eigenvalue weighted by atomic mass is 9.99. The zero-order chi connectivity index (χ0) is 13.0. The number of benzene rings is 2. The largest absolute Gasteiger partial charge is 0.271 e. The summed E-state index contributed by atoms with van der Waals surface area (Å²) in [6.45, 7) is 0. The summed E-state index contributed by atoms with van der Waals surface area (Å²) in [5.41, 5.74) is 5.20. The molecule has 2 nitrogen and oxygen atoms in total. The van der Waals surface area contributed by atoms with Gasteiger partial charge in [0.1, 0.15) is 0 Å². The second kappa shape index (κ2) is 6.34. The van der Waals surface area contributed by atoms with E-state index in [1.54, 1.807) is 0 Å². The van der Waals surface area contributed by atoms with Crippen LogP contribution in [0, 0.1) is 0 Å². The molecule has 3 N–H and O–H groups in total. The summed E-state index contributed by atoms with van der Waals surface area (Å²) in [6, 6.07) is 16.2. The van der Waals surface area contributed by atoms with E-state index in [0.29, 0.717) is 5.02 Å². The number of nitrogens with one attached hydrogen (secondary N) is 1. The van der Waals surface area contributed by atoms with Crippen LogP contribution in [0.5, 0.6) is 0 Å². The van der Waals surface area contributed by atoms with E-state index in [2.05, 4.69) is 33.5 Å². The number of nitrogens with two attached hydrogens (primary N) is 1. The molecule has 2 aromatic carbocycles. The Morgan fingerprint density at radius 3 is 2.50 bits per heavy atom. The first-order valence-corrected chi connectivity index (χ1v) is 6.83. The molecule has 0 aliphatic rings. The summed E-state index contributed by atoms with van der Waals surface area (Å²) < 4.78 is 0.884. The van der Waals surface area contributed by atoms with E-state index in [9.17, 15) is 0 Å². The predicted molar refractivity (Wildman–Crippen MR) is 79.4 cm³/mol. The Balaban J connectivity index is 2.20.